The summed E-state index contributed by atoms with van der Waals surface area (Å²) in [6.07, 6.45) is -0.980. The zero-order chi connectivity index (χ0) is 12.4. The van der Waals surface area contributed by atoms with E-state index < -0.39 is 12.7 Å². The molecule has 1 heterocycles. The molecular weight excluding hydrogens is 224 g/mol. The number of fused-ring (bicyclic) bond motifs is 1. The summed E-state index contributed by atoms with van der Waals surface area (Å²) in [6.45, 7) is -0.489. The molecule has 0 aliphatic carbocycles. The van der Waals surface area contributed by atoms with E-state index in [4.69, 9.17) is 15.6 Å². The van der Waals surface area contributed by atoms with Crippen molar-refractivity contribution in [3.05, 3.63) is 18.2 Å². The second-order valence-electron chi connectivity index (χ2n) is 3.82. The molecule has 1 aliphatic heterocycles. The van der Waals surface area contributed by atoms with Crippen molar-refractivity contribution < 1.29 is 19.7 Å². The van der Waals surface area contributed by atoms with Gasteiger partial charge in [-0.25, -0.2) is 0 Å². The molecule has 1 amide bonds. The summed E-state index contributed by atoms with van der Waals surface area (Å²) < 4.78 is 5.25. The molecule has 0 bridgehead atoms. The largest absolute Gasteiger partial charge is 0.479 e. The zero-order valence-electron chi connectivity index (χ0n) is 9.17. The third-order valence-electron chi connectivity index (χ3n) is 2.56. The minimum atomic E-state index is -0.980. The first-order valence-electron chi connectivity index (χ1n) is 5.24. The summed E-state index contributed by atoms with van der Waals surface area (Å²) in [5.41, 5.74) is 6.70. The van der Waals surface area contributed by atoms with Crippen LogP contribution in [0.3, 0.4) is 0 Å². The van der Waals surface area contributed by atoms with E-state index in [0.717, 1.165) is 0 Å². The number of amides is 1. The van der Waals surface area contributed by atoms with E-state index >= 15 is 0 Å². The first-order valence-corrected chi connectivity index (χ1v) is 5.24. The Hall–Kier alpha value is -1.79. The maximum absolute atomic E-state index is 11.7. The number of aliphatic hydroxyl groups is 2. The molecule has 6 heteroatoms. The van der Waals surface area contributed by atoms with Crippen molar-refractivity contribution in [1.29, 1.82) is 0 Å². The molecule has 2 rings (SSSR count). The van der Waals surface area contributed by atoms with Gasteiger partial charge >= 0.3 is 0 Å². The second kappa shape index (κ2) is 4.60. The van der Waals surface area contributed by atoms with Crippen LogP contribution in [0.2, 0.25) is 0 Å². The van der Waals surface area contributed by atoms with Crippen LogP contribution in [-0.4, -0.2) is 42.0 Å². The molecule has 1 aromatic rings. The number of nitrogens with zero attached hydrogens (tertiary/aromatic N) is 1. The number of ether oxygens (including phenoxy) is 1. The van der Waals surface area contributed by atoms with Gasteiger partial charge in [-0.3, -0.25) is 4.79 Å². The van der Waals surface area contributed by atoms with Crippen LogP contribution in [0.5, 0.6) is 5.75 Å². The van der Waals surface area contributed by atoms with E-state index in [1.54, 1.807) is 18.2 Å². The Morgan fingerprint density at radius 2 is 2.29 bits per heavy atom. The molecule has 1 aromatic carbocycles. The summed E-state index contributed by atoms with van der Waals surface area (Å²) in [4.78, 5) is 13.1. The van der Waals surface area contributed by atoms with Crippen molar-refractivity contribution in [3.63, 3.8) is 0 Å². The average Bonchev–Trinajstić information content (AvgIpc) is 2.33. The van der Waals surface area contributed by atoms with Gasteiger partial charge in [-0.05, 0) is 12.1 Å². The van der Waals surface area contributed by atoms with Gasteiger partial charge in [0.25, 0.3) is 5.91 Å². The van der Waals surface area contributed by atoms with Gasteiger partial charge < -0.3 is 25.6 Å². The maximum Gasteiger partial charge on any atom is 0.265 e. The quantitative estimate of drug-likeness (QED) is 0.608. The third-order valence-corrected chi connectivity index (χ3v) is 2.56. The number of carbonyl (C=O) groups is 1. The Kier molecular flexibility index (Phi) is 3.16. The number of rotatable bonds is 3. The van der Waals surface area contributed by atoms with Crippen LogP contribution in [0, 0.1) is 0 Å². The Bertz CT molecular complexity index is 435. The van der Waals surface area contributed by atoms with E-state index in [0.29, 0.717) is 17.1 Å². The molecule has 0 aromatic heterocycles. The summed E-state index contributed by atoms with van der Waals surface area (Å²) in [6, 6.07) is 5.07. The Labute approximate surface area is 98.2 Å². The van der Waals surface area contributed by atoms with Gasteiger partial charge in [-0.1, -0.05) is 6.07 Å². The van der Waals surface area contributed by atoms with Gasteiger partial charge in [0.15, 0.2) is 12.4 Å². The molecule has 0 saturated carbocycles. The number of hydrogen-bond donors (Lipinski definition) is 3. The van der Waals surface area contributed by atoms with Crippen LogP contribution in [0.15, 0.2) is 18.2 Å². The SMILES string of the molecule is Nc1cccc2c1OCC(=O)N2CC(O)CO. The number of anilines is 2. The number of carbonyl (C=O) groups excluding carboxylic acids is 1. The van der Waals surface area contributed by atoms with E-state index in [2.05, 4.69) is 0 Å². The lowest BCUT2D eigenvalue weighted by molar-refractivity contribution is -0.121. The minimum Gasteiger partial charge on any atom is -0.479 e. The van der Waals surface area contributed by atoms with E-state index in [1.807, 2.05) is 0 Å². The Balaban J connectivity index is 2.33. The molecule has 1 atom stereocenters. The van der Waals surface area contributed by atoms with E-state index in [9.17, 15) is 9.90 Å². The maximum atomic E-state index is 11.7. The number of aliphatic hydroxyl groups excluding tert-OH is 2. The standard InChI is InChI=1S/C11H14N2O4/c12-8-2-1-3-9-11(8)17-6-10(16)13(9)4-7(15)5-14/h1-3,7,14-15H,4-6,12H2. The summed E-state index contributed by atoms with van der Waals surface area (Å²) in [5.74, 6) is 0.174. The molecular formula is C11H14N2O4. The molecule has 1 unspecified atom stereocenters. The highest BCUT2D eigenvalue weighted by molar-refractivity contribution is 5.99. The van der Waals surface area contributed by atoms with Gasteiger partial charge in [-0.2, -0.15) is 0 Å². The number of benzene rings is 1. The third kappa shape index (κ3) is 2.17. The van der Waals surface area contributed by atoms with Crippen LogP contribution in [-0.2, 0) is 4.79 Å². The molecule has 0 saturated heterocycles. The monoisotopic (exact) mass is 238 g/mol. The predicted molar refractivity (Wildman–Crippen MR) is 61.8 cm³/mol. The number of hydrogen-bond acceptors (Lipinski definition) is 5. The lowest BCUT2D eigenvalue weighted by Crippen LogP contribution is -2.44. The molecule has 1 aliphatic rings. The van der Waals surface area contributed by atoms with E-state index in [-0.39, 0.29) is 19.1 Å². The van der Waals surface area contributed by atoms with Crippen LogP contribution < -0.4 is 15.4 Å². The van der Waals surface area contributed by atoms with Gasteiger partial charge in [0, 0.05) is 0 Å². The molecule has 4 N–H and O–H groups in total. The van der Waals surface area contributed by atoms with Gasteiger partial charge in [0.2, 0.25) is 0 Å². The molecule has 0 spiro atoms. The minimum absolute atomic E-state index is 0.0230. The van der Waals surface area contributed by atoms with E-state index in [1.165, 1.54) is 4.90 Å². The highest BCUT2D eigenvalue weighted by Gasteiger charge is 2.28. The first-order chi connectivity index (χ1) is 8.13. The fourth-order valence-electron chi connectivity index (χ4n) is 1.73. The number of β-amino-alcohol motifs (C(OH)–C–C–N with tert-alkyl or cyclic N) is 1. The first kappa shape index (κ1) is 11.7. The van der Waals surface area contributed by atoms with Gasteiger partial charge in [0.1, 0.15) is 0 Å². The van der Waals surface area contributed by atoms with Crippen LogP contribution in [0.1, 0.15) is 0 Å². The summed E-state index contributed by atoms with van der Waals surface area (Å²) >= 11 is 0. The van der Waals surface area contributed by atoms with Crippen molar-refractivity contribution in [1.82, 2.24) is 0 Å². The number of nitrogens with two attached hydrogens (primary N) is 1. The number of nitrogen functional groups attached to an aromatic ring is 1. The van der Waals surface area contributed by atoms with Crippen LogP contribution in [0.25, 0.3) is 0 Å². The lowest BCUT2D eigenvalue weighted by Gasteiger charge is -2.31. The highest BCUT2D eigenvalue weighted by atomic mass is 16.5. The van der Waals surface area contributed by atoms with Crippen molar-refractivity contribution in [2.75, 3.05) is 30.4 Å². The van der Waals surface area contributed by atoms with Crippen molar-refractivity contribution >= 4 is 17.3 Å². The average molecular weight is 238 g/mol. The fraction of sp³-hybridized carbons (Fsp3) is 0.364. The summed E-state index contributed by atoms with van der Waals surface area (Å²) in [7, 11) is 0. The highest BCUT2D eigenvalue weighted by Crippen LogP contribution is 2.36. The molecule has 0 fully saturated rings. The molecule has 92 valence electrons. The second-order valence-corrected chi connectivity index (χ2v) is 3.82. The van der Waals surface area contributed by atoms with Crippen molar-refractivity contribution in [3.8, 4) is 5.75 Å². The predicted octanol–water partition coefficient (Wildman–Crippen LogP) is -0.653. The van der Waals surface area contributed by atoms with Crippen LogP contribution in [0.4, 0.5) is 11.4 Å². The van der Waals surface area contributed by atoms with Crippen molar-refractivity contribution in [2.24, 2.45) is 0 Å². The zero-order valence-corrected chi connectivity index (χ0v) is 9.17. The summed E-state index contributed by atoms with van der Waals surface area (Å²) in [5, 5.41) is 18.2. The topological polar surface area (TPSA) is 96.0 Å². The van der Waals surface area contributed by atoms with Crippen LogP contribution >= 0.6 is 0 Å². The molecule has 17 heavy (non-hydrogen) atoms. The smallest absolute Gasteiger partial charge is 0.265 e. The molecule has 6 nitrogen and oxygen atoms in total. The van der Waals surface area contributed by atoms with Crippen molar-refractivity contribution in [2.45, 2.75) is 6.10 Å². The van der Waals surface area contributed by atoms with Gasteiger partial charge in [0.05, 0.1) is 30.6 Å². The van der Waals surface area contributed by atoms with Gasteiger partial charge in [-0.15, -0.1) is 0 Å². The Morgan fingerprint density at radius 3 is 3.00 bits per heavy atom. The normalized spacial score (nSPS) is 16.4. The number of para-hydroxylation sites is 1. The fourth-order valence-corrected chi connectivity index (χ4v) is 1.73. The lowest BCUT2D eigenvalue weighted by atomic mass is 10.2. The Morgan fingerprint density at radius 1 is 1.53 bits per heavy atom. The molecule has 0 radical (unpaired) electrons.